The van der Waals surface area contributed by atoms with Gasteiger partial charge in [0.1, 0.15) is 5.82 Å². The molecule has 0 bridgehead atoms. The lowest BCUT2D eigenvalue weighted by molar-refractivity contribution is -0.154. The smallest absolute Gasteiger partial charge is 0.422 e. The average molecular weight is 396 g/mol. The number of hydrogen-bond donors (Lipinski definition) is 2. The van der Waals surface area contributed by atoms with Crippen LogP contribution in [-0.2, 0) is 11.3 Å². The Kier molecular flexibility index (Phi) is 7.30. The average Bonchev–Trinajstić information content (AvgIpc) is 2.65. The van der Waals surface area contributed by atoms with Gasteiger partial charge in [0.05, 0.1) is 0 Å². The molecule has 2 aromatic heterocycles. The fourth-order valence-electron chi connectivity index (χ4n) is 2.11. The second-order valence-electron chi connectivity index (χ2n) is 5.82. The van der Waals surface area contributed by atoms with Crippen LogP contribution in [0, 0.1) is 0 Å². The number of ether oxygens (including phenoxy) is 1. The molecule has 0 spiro atoms. The Balaban J connectivity index is 1.89. The number of amides is 2. The largest absolute Gasteiger partial charge is 0.468 e. The van der Waals surface area contributed by atoms with Crippen LogP contribution in [0.5, 0.6) is 5.88 Å². The SMILES string of the molecule is CCCC(=O)Nc1cc(C(=O)NCc2ccc(OCC(F)(F)F)nc2)ccn1. The Labute approximate surface area is 159 Å². The molecule has 0 atom stereocenters. The van der Waals surface area contributed by atoms with Gasteiger partial charge in [0, 0.05) is 37.0 Å². The van der Waals surface area contributed by atoms with Gasteiger partial charge >= 0.3 is 6.18 Å². The zero-order chi connectivity index (χ0) is 20.6. The van der Waals surface area contributed by atoms with Crippen LogP contribution >= 0.6 is 0 Å². The highest BCUT2D eigenvalue weighted by atomic mass is 19.4. The minimum Gasteiger partial charge on any atom is -0.468 e. The highest BCUT2D eigenvalue weighted by Gasteiger charge is 2.28. The van der Waals surface area contributed by atoms with E-state index >= 15 is 0 Å². The molecule has 0 aliphatic heterocycles. The van der Waals surface area contributed by atoms with Crippen molar-refractivity contribution in [2.75, 3.05) is 11.9 Å². The first kappa shape index (κ1) is 21.1. The van der Waals surface area contributed by atoms with Gasteiger partial charge in [0.25, 0.3) is 5.91 Å². The second-order valence-corrected chi connectivity index (χ2v) is 5.82. The van der Waals surface area contributed by atoms with E-state index in [9.17, 15) is 22.8 Å². The third-order valence-electron chi connectivity index (χ3n) is 3.40. The minimum atomic E-state index is -4.44. The van der Waals surface area contributed by atoms with Crippen LogP contribution in [-0.4, -0.2) is 34.6 Å². The molecule has 28 heavy (non-hydrogen) atoms. The molecule has 0 saturated heterocycles. The quantitative estimate of drug-likeness (QED) is 0.715. The van der Waals surface area contributed by atoms with E-state index in [-0.39, 0.29) is 24.1 Å². The predicted octanol–water partition coefficient (Wildman–Crippen LogP) is 3.09. The monoisotopic (exact) mass is 396 g/mol. The van der Waals surface area contributed by atoms with E-state index in [1.807, 2.05) is 6.92 Å². The van der Waals surface area contributed by atoms with Crippen LogP contribution in [0.15, 0.2) is 36.7 Å². The fourth-order valence-corrected chi connectivity index (χ4v) is 2.11. The molecular formula is C18H19F3N4O3. The summed E-state index contributed by atoms with van der Waals surface area (Å²) in [5.74, 6) is -0.467. The maximum absolute atomic E-state index is 12.2. The highest BCUT2D eigenvalue weighted by Crippen LogP contribution is 2.17. The Morgan fingerprint density at radius 1 is 1.18 bits per heavy atom. The number of pyridine rings is 2. The van der Waals surface area contributed by atoms with Crippen LogP contribution < -0.4 is 15.4 Å². The predicted molar refractivity (Wildman–Crippen MR) is 94.7 cm³/mol. The van der Waals surface area contributed by atoms with Crippen LogP contribution in [0.3, 0.4) is 0 Å². The van der Waals surface area contributed by atoms with Gasteiger partial charge in [-0.05, 0) is 24.1 Å². The first-order chi connectivity index (χ1) is 13.3. The van der Waals surface area contributed by atoms with Crippen molar-refractivity contribution in [3.63, 3.8) is 0 Å². The summed E-state index contributed by atoms with van der Waals surface area (Å²) in [5.41, 5.74) is 0.887. The van der Waals surface area contributed by atoms with Gasteiger partial charge in [-0.25, -0.2) is 9.97 Å². The number of carbonyl (C=O) groups excluding carboxylic acids is 2. The lowest BCUT2D eigenvalue weighted by Crippen LogP contribution is -2.23. The number of carbonyl (C=O) groups is 2. The van der Waals surface area contributed by atoms with E-state index in [1.54, 1.807) is 0 Å². The molecule has 0 aliphatic carbocycles. The van der Waals surface area contributed by atoms with Crippen molar-refractivity contribution in [2.24, 2.45) is 0 Å². The number of rotatable bonds is 8. The van der Waals surface area contributed by atoms with Crippen LogP contribution in [0.25, 0.3) is 0 Å². The normalized spacial score (nSPS) is 11.0. The van der Waals surface area contributed by atoms with E-state index < -0.39 is 18.7 Å². The van der Waals surface area contributed by atoms with Gasteiger partial charge in [-0.2, -0.15) is 13.2 Å². The van der Waals surface area contributed by atoms with Crippen LogP contribution in [0.4, 0.5) is 19.0 Å². The summed E-state index contributed by atoms with van der Waals surface area (Å²) in [6.07, 6.45) is -0.665. The Hall–Kier alpha value is -3.17. The molecule has 2 amide bonds. The Morgan fingerprint density at radius 2 is 1.96 bits per heavy atom. The van der Waals surface area contributed by atoms with Gasteiger partial charge in [0.2, 0.25) is 11.8 Å². The van der Waals surface area contributed by atoms with Crippen molar-refractivity contribution in [3.05, 3.63) is 47.8 Å². The zero-order valence-corrected chi connectivity index (χ0v) is 15.0. The van der Waals surface area contributed by atoms with Crippen molar-refractivity contribution in [2.45, 2.75) is 32.5 Å². The molecule has 0 unspecified atom stereocenters. The van der Waals surface area contributed by atoms with Gasteiger partial charge in [-0.15, -0.1) is 0 Å². The number of nitrogens with zero attached hydrogens (tertiary/aromatic N) is 2. The molecule has 0 saturated carbocycles. The summed E-state index contributed by atoms with van der Waals surface area (Å²) in [6.45, 7) is 0.571. The number of halogens is 3. The summed E-state index contributed by atoms with van der Waals surface area (Å²) in [7, 11) is 0. The van der Waals surface area contributed by atoms with Gasteiger partial charge in [-0.3, -0.25) is 9.59 Å². The van der Waals surface area contributed by atoms with E-state index in [4.69, 9.17) is 0 Å². The molecule has 2 rings (SSSR count). The molecule has 0 aliphatic rings. The third kappa shape index (κ3) is 7.22. The summed E-state index contributed by atoms with van der Waals surface area (Å²) in [4.78, 5) is 31.6. The van der Waals surface area contributed by atoms with E-state index in [0.29, 0.717) is 24.0 Å². The molecule has 2 aromatic rings. The van der Waals surface area contributed by atoms with E-state index in [1.165, 1.54) is 36.7 Å². The molecular weight excluding hydrogens is 377 g/mol. The fraction of sp³-hybridized carbons (Fsp3) is 0.333. The first-order valence-electron chi connectivity index (χ1n) is 8.45. The number of alkyl halides is 3. The number of hydrogen-bond acceptors (Lipinski definition) is 5. The van der Waals surface area contributed by atoms with Crippen LogP contribution in [0.1, 0.15) is 35.7 Å². The third-order valence-corrected chi connectivity index (χ3v) is 3.40. The topological polar surface area (TPSA) is 93.2 Å². The standard InChI is InChI=1S/C18H19F3N4O3/c1-2-3-15(26)25-14-8-13(6-7-22-14)17(27)24-10-12-4-5-16(23-9-12)28-11-18(19,20)21/h4-9H,2-3,10-11H2,1H3,(H,24,27)(H,22,25,26). The number of aromatic nitrogens is 2. The van der Waals surface area contributed by atoms with Crippen molar-refractivity contribution in [3.8, 4) is 5.88 Å². The molecule has 150 valence electrons. The van der Waals surface area contributed by atoms with E-state index in [0.717, 1.165) is 0 Å². The lowest BCUT2D eigenvalue weighted by atomic mass is 10.2. The molecule has 0 fully saturated rings. The molecule has 0 radical (unpaired) electrons. The Morgan fingerprint density at radius 3 is 2.61 bits per heavy atom. The summed E-state index contributed by atoms with van der Waals surface area (Å²) >= 11 is 0. The second kappa shape index (κ2) is 9.67. The van der Waals surface area contributed by atoms with E-state index in [2.05, 4.69) is 25.3 Å². The lowest BCUT2D eigenvalue weighted by Gasteiger charge is -2.09. The molecule has 0 aromatic carbocycles. The molecule has 2 heterocycles. The van der Waals surface area contributed by atoms with Crippen molar-refractivity contribution in [1.82, 2.24) is 15.3 Å². The minimum absolute atomic E-state index is 0.116. The summed E-state index contributed by atoms with van der Waals surface area (Å²) in [6, 6.07) is 5.75. The van der Waals surface area contributed by atoms with Gasteiger partial charge < -0.3 is 15.4 Å². The summed E-state index contributed by atoms with van der Waals surface area (Å²) < 4.78 is 40.8. The zero-order valence-electron chi connectivity index (χ0n) is 15.0. The highest BCUT2D eigenvalue weighted by molar-refractivity contribution is 5.96. The van der Waals surface area contributed by atoms with Gasteiger partial charge in [0.15, 0.2) is 6.61 Å². The number of anilines is 1. The summed E-state index contributed by atoms with van der Waals surface area (Å²) in [5, 5.41) is 5.26. The molecule has 10 heteroatoms. The van der Waals surface area contributed by atoms with Crippen molar-refractivity contribution in [1.29, 1.82) is 0 Å². The van der Waals surface area contributed by atoms with Crippen molar-refractivity contribution >= 4 is 17.6 Å². The maximum atomic E-state index is 12.2. The first-order valence-corrected chi connectivity index (χ1v) is 8.45. The van der Waals surface area contributed by atoms with Crippen molar-refractivity contribution < 1.29 is 27.5 Å². The number of nitrogens with one attached hydrogen (secondary N) is 2. The molecule has 2 N–H and O–H groups in total. The van der Waals surface area contributed by atoms with Crippen LogP contribution in [0.2, 0.25) is 0 Å². The van der Waals surface area contributed by atoms with Gasteiger partial charge in [-0.1, -0.05) is 13.0 Å². The maximum Gasteiger partial charge on any atom is 0.422 e. The molecule has 7 nitrogen and oxygen atoms in total. The Bertz CT molecular complexity index is 810.